The quantitative estimate of drug-likeness (QED) is 0.410. The van der Waals surface area contributed by atoms with E-state index in [4.69, 9.17) is 9.47 Å². The van der Waals surface area contributed by atoms with Gasteiger partial charge in [0.1, 0.15) is 17.1 Å². The van der Waals surface area contributed by atoms with Crippen LogP contribution in [0.5, 0.6) is 11.5 Å². The molecule has 0 aromatic heterocycles. The van der Waals surface area contributed by atoms with Crippen molar-refractivity contribution < 1.29 is 28.7 Å². The summed E-state index contributed by atoms with van der Waals surface area (Å²) in [4.78, 5) is 33.9. The number of benzene rings is 2. The topological polar surface area (TPSA) is 117 Å². The SMILES string of the molecule is COC(=O)Cc1ccc(Oc2ccc([N+](=O)[O-])cc2)c(CNC(=O)OC(C)(C)C)c1. The molecule has 2 aromatic rings. The second-order valence-electron chi connectivity index (χ2n) is 7.40. The van der Waals surface area contributed by atoms with E-state index >= 15 is 0 Å². The van der Waals surface area contributed by atoms with Crippen LogP contribution in [0, 0.1) is 10.1 Å². The van der Waals surface area contributed by atoms with E-state index in [0.29, 0.717) is 22.6 Å². The second-order valence-corrected chi connectivity index (χ2v) is 7.40. The molecule has 0 heterocycles. The fourth-order valence-electron chi connectivity index (χ4n) is 2.46. The summed E-state index contributed by atoms with van der Waals surface area (Å²) in [6.07, 6.45) is -0.532. The van der Waals surface area contributed by atoms with E-state index < -0.39 is 22.6 Å². The van der Waals surface area contributed by atoms with Crippen LogP contribution in [0.25, 0.3) is 0 Å². The number of nitro groups is 1. The van der Waals surface area contributed by atoms with Crippen molar-refractivity contribution in [1.29, 1.82) is 0 Å². The maximum absolute atomic E-state index is 12.0. The molecule has 0 aliphatic rings. The maximum atomic E-state index is 12.0. The Morgan fingerprint density at radius 1 is 1.10 bits per heavy atom. The minimum absolute atomic E-state index is 0.0532. The fraction of sp³-hybridized carbons (Fsp3) is 0.333. The number of alkyl carbamates (subject to hydrolysis) is 1. The molecule has 0 saturated carbocycles. The number of ether oxygens (including phenoxy) is 3. The first-order valence-corrected chi connectivity index (χ1v) is 9.15. The lowest BCUT2D eigenvalue weighted by Gasteiger charge is -2.20. The van der Waals surface area contributed by atoms with Gasteiger partial charge in [-0.05, 0) is 50.6 Å². The molecule has 0 aliphatic carbocycles. The van der Waals surface area contributed by atoms with Crippen LogP contribution in [0.1, 0.15) is 31.9 Å². The largest absolute Gasteiger partial charge is 0.469 e. The molecule has 2 rings (SSSR count). The first-order chi connectivity index (χ1) is 14.1. The predicted octanol–water partition coefficient (Wildman–Crippen LogP) is 4.13. The number of carbonyl (C=O) groups excluding carboxylic acids is 2. The summed E-state index contributed by atoms with van der Waals surface area (Å²) in [5.41, 5.74) is 0.580. The van der Waals surface area contributed by atoms with E-state index in [1.54, 1.807) is 39.0 Å². The van der Waals surface area contributed by atoms with E-state index in [-0.39, 0.29) is 18.7 Å². The van der Waals surface area contributed by atoms with E-state index in [2.05, 4.69) is 10.1 Å². The van der Waals surface area contributed by atoms with Crippen LogP contribution in [0.2, 0.25) is 0 Å². The molecule has 1 amide bonds. The lowest BCUT2D eigenvalue weighted by molar-refractivity contribution is -0.384. The number of carbonyl (C=O) groups is 2. The van der Waals surface area contributed by atoms with Crippen LogP contribution < -0.4 is 10.1 Å². The van der Waals surface area contributed by atoms with Gasteiger partial charge in [-0.15, -0.1) is 0 Å². The van der Waals surface area contributed by atoms with Crippen LogP contribution in [-0.2, 0) is 27.2 Å². The van der Waals surface area contributed by atoms with Crippen LogP contribution in [0.15, 0.2) is 42.5 Å². The van der Waals surface area contributed by atoms with Crippen molar-refractivity contribution in [1.82, 2.24) is 5.32 Å². The van der Waals surface area contributed by atoms with Crippen LogP contribution in [-0.4, -0.2) is 29.7 Å². The van der Waals surface area contributed by atoms with E-state index in [0.717, 1.165) is 0 Å². The molecule has 0 aliphatic heterocycles. The van der Waals surface area contributed by atoms with Gasteiger partial charge in [-0.1, -0.05) is 6.07 Å². The molecule has 0 spiro atoms. The average molecular weight is 416 g/mol. The summed E-state index contributed by atoms with van der Waals surface area (Å²) < 4.78 is 15.8. The highest BCUT2D eigenvalue weighted by Crippen LogP contribution is 2.28. The Hall–Kier alpha value is -3.62. The first kappa shape index (κ1) is 22.7. The van der Waals surface area contributed by atoms with Gasteiger partial charge in [-0.3, -0.25) is 14.9 Å². The summed E-state index contributed by atoms with van der Waals surface area (Å²) in [6.45, 7) is 5.36. The number of methoxy groups -OCH3 is 1. The zero-order chi connectivity index (χ0) is 22.3. The standard InChI is InChI=1S/C21H24N2O7/c1-21(2,3)30-20(25)22-13-15-11-14(12-19(24)28-4)5-10-18(15)29-17-8-6-16(7-9-17)23(26)27/h5-11H,12-13H2,1-4H3,(H,22,25). The van der Waals surface area contributed by atoms with Crippen molar-refractivity contribution in [2.75, 3.05) is 7.11 Å². The Morgan fingerprint density at radius 2 is 1.77 bits per heavy atom. The molecular weight excluding hydrogens is 392 g/mol. The molecule has 0 radical (unpaired) electrons. The molecule has 0 saturated heterocycles. The molecular formula is C21H24N2O7. The third kappa shape index (κ3) is 7.08. The van der Waals surface area contributed by atoms with Gasteiger partial charge < -0.3 is 19.5 Å². The van der Waals surface area contributed by atoms with Crippen molar-refractivity contribution >= 4 is 17.7 Å². The highest BCUT2D eigenvalue weighted by atomic mass is 16.6. The molecule has 1 N–H and O–H groups in total. The van der Waals surface area contributed by atoms with Crippen LogP contribution in [0.3, 0.4) is 0 Å². The number of rotatable bonds is 7. The average Bonchev–Trinajstić information content (AvgIpc) is 2.67. The number of hydrogen-bond donors (Lipinski definition) is 1. The molecule has 9 nitrogen and oxygen atoms in total. The minimum atomic E-state index is -0.644. The highest BCUT2D eigenvalue weighted by molar-refractivity contribution is 5.72. The molecule has 30 heavy (non-hydrogen) atoms. The molecule has 0 unspecified atom stereocenters. The number of nitrogens with zero attached hydrogens (tertiary/aromatic N) is 1. The second kappa shape index (κ2) is 9.73. The Morgan fingerprint density at radius 3 is 2.33 bits per heavy atom. The minimum Gasteiger partial charge on any atom is -0.469 e. The Balaban J connectivity index is 2.22. The molecule has 0 atom stereocenters. The Labute approximate surface area is 174 Å². The number of esters is 1. The number of hydrogen-bond acceptors (Lipinski definition) is 7. The normalized spacial score (nSPS) is 10.8. The van der Waals surface area contributed by atoms with Crippen molar-refractivity contribution in [2.24, 2.45) is 0 Å². The fourth-order valence-corrected chi connectivity index (χ4v) is 2.46. The maximum Gasteiger partial charge on any atom is 0.407 e. The van der Waals surface area contributed by atoms with Gasteiger partial charge in [0.25, 0.3) is 5.69 Å². The van der Waals surface area contributed by atoms with Gasteiger partial charge in [-0.25, -0.2) is 4.79 Å². The summed E-state index contributed by atoms with van der Waals surface area (Å²) >= 11 is 0. The molecule has 0 bridgehead atoms. The van der Waals surface area contributed by atoms with Gasteiger partial charge in [-0.2, -0.15) is 0 Å². The number of nitro benzene ring substituents is 1. The van der Waals surface area contributed by atoms with E-state index in [1.165, 1.54) is 31.4 Å². The third-order valence-corrected chi connectivity index (χ3v) is 3.80. The lowest BCUT2D eigenvalue weighted by atomic mass is 10.1. The van der Waals surface area contributed by atoms with Crippen molar-refractivity contribution in [2.45, 2.75) is 39.3 Å². The van der Waals surface area contributed by atoms with Crippen LogP contribution >= 0.6 is 0 Å². The Bertz CT molecular complexity index is 918. The summed E-state index contributed by atoms with van der Waals surface area (Å²) in [5, 5.41) is 13.5. The molecule has 2 aromatic carbocycles. The van der Waals surface area contributed by atoms with Gasteiger partial charge in [0.15, 0.2) is 0 Å². The van der Waals surface area contributed by atoms with Gasteiger partial charge in [0.05, 0.1) is 18.5 Å². The van der Waals surface area contributed by atoms with Gasteiger partial charge in [0, 0.05) is 24.2 Å². The monoisotopic (exact) mass is 416 g/mol. The lowest BCUT2D eigenvalue weighted by Crippen LogP contribution is -2.32. The number of amides is 1. The van der Waals surface area contributed by atoms with Gasteiger partial charge in [0.2, 0.25) is 0 Å². The van der Waals surface area contributed by atoms with Crippen LogP contribution in [0.4, 0.5) is 10.5 Å². The first-order valence-electron chi connectivity index (χ1n) is 9.15. The summed E-state index contributed by atoms with van der Waals surface area (Å²) in [6, 6.07) is 10.7. The van der Waals surface area contributed by atoms with Crippen molar-refractivity contribution in [3.8, 4) is 11.5 Å². The van der Waals surface area contributed by atoms with Gasteiger partial charge >= 0.3 is 12.1 Å². The zero-order valence-electron chi connectivity index (χ0n) is 17.3. The third-order valence-electron chi connectivity index (χ3n) is 3.80. The zero-order valence-corrected chi connectivity index (χ0v) is 17.3. The summed E-state index contributed by atoms with van der Waals surface area (Å²) in [7, 11) is 1.30. The van der Waals surface area contributed by atoms with E-state index in [9.17, 15) is 19.7 Å². The summed E-state index contributed by atoms with van der Waals surface area (Å²) in [5.74, 6) is 0.415. The Kier molecular flexibility index (Phi) is 7.35. The smallest absolute Gasteiger partial charge is 0.407 e. The molecule has 160 valence electrons. The molecule has 9 heteroatoms. The van der Waals surface area contributed by atoms with E-state index in [1.807, 2.05) is 0 Å². The highest BCUT2D eigenvalue weighted by Gasteiger charge is 2.17. The molecule has 0 fully saturated rings. The van der Waals surface area contributed by atoms with Crippen molar-refractivity contribution in [3.63, 3.8) is 0 Å². The predicted molar refractivity (Wildman–Crippen MR) is 108 cm³/mol. The van der Waals surface area contributed by atoms with Crippen molar-refractivity contribution in [3.05, 3.63) is 63.7 Å². The number of non-ortho nitro benzene ring substituents is 1. The number of nitrogens with one attached hydrogen (secondary N) is 1.